The molecule has 0 saturated carbocycles. The van der Waals surface area contributed by atoms with Crippen LogP contribution in [-0.2, 0) is 12.8 Å². The zero-order chi connectivity index (χ0) is 14.2. The molecule has 0 saturated heterocycles. The number of hydrogen-bond donors (Lipinski definition) is 1. The molecule has 1 aliphatic heterocycles. The van der Waals surface area contributed by atoms with Gasteiger partial charge in [-0.15, -0.1) is 11.3 Å². The maximum absolute atomic E-state index is 5.94. The van der Waals surface area contributed by atoms with Crippen molar-refractivity contribution in [1.82, 2.24) is 5.32 Å². The monoisotopic (exact) mass is 299 g/mol. The molecule has 21 heavy (non-hydrogen) atoms. The first-order chi connectivity index (χ1) is 10.4. The molecule has 2 aromatic rings. The molecule has 0 bridgehead atoms. The normalized spacial score (nSPS) is 21.5. The minimum Gasteiger partial charge on any atom is -0.493 e. The zero-order valence-electron chi connectivity index (χ0n) is 12.4. The van der Waals surface area contributed by atoms with Crippen LogP contribution < -0.4 is 10.1 Å². The van der Waals surface area contributed by atoms with Gasteiger partial charge in [0.2, 0.25) is 0 Å². The maximum atomic E-state index is 5.94. The summed E-state index contributed by atoms with van der Waals surface area (Å²) in [5, 5.41) is 5.82. The lowest BCUT2D eigenvalue weighted by Crippen LogP contribution is -2.26. The van der Waals surface area contributed by atoms with Crippen molar-refractivity contribution in [2.24, 2.45) is 0 Å². The Hall–Kier alpha value is -1.32. The highest BCUT2D eigenvalue weighted by Crippen LogP contribution is 2.45. The van der Waals surface area contributed by atoms with Crippen LogP contribution in [0.1, 0.15) is 46.4 Å². The molecule has 0 radical (unpaired) electrons. The highest BCUT2D eigenvalue weighted by atomic mass is 32.1. The molecule has 2 nitrogen and oxygen atoms in total. The SMILES string of the molecule is CNC(c1cccc2c1OCC2)C1CCCc2sccc21. The first-order valence-corrected chi connectivity index (χ1v) is 8.74. The third-order valence-electron chi connectivity index (χ3n) is 4.89. The van der Waals surface area contributed by atoms with Crippen molar-refractivity contribution in [1.29, 1.82) is 0 Å². The van der Waals surface area contributed by atoms with Crippen molar-refractivity contribution in [3.8, 4) is 5.75 Å². The summed E-state index contributed by atoms with van der Waals surface area (Å²) >= 11 is 1.92. The van der Waals surface area contributed by atoms with Crippen molar-refractivity contribution in [3.05, 3.63) is 51.2 Å². The van der Waals surface area contributed by atoms with E-state index in [1.54, 1.807) is 10.4 Å². The van der Waals surface area contributed by atoms with Gasteiger partial charge in [-0.3, -0.25) is 0 Å². The summed E-state index contributed by atoms with van der Waals surface area (Å²) in [7, 11) is 2.08. The van der Waals surface area contributed by atoms with Crippen LogP contribution >= 0.6 is 11.3 Å². The van der Waals surface area contributed by atoms with Crippen LogP contribution in [0.25, 0.3) is 0 Å². The predicted octanol–water partition coefficient (Wildman–Crippen LogP) is 4.06. The Labute approximate surface area is 130 Å². The van der Waals surface area contributed by atoms with Gasteiger partial charge < -0.3 is 10.1 Å². The van der Waals surface area contributed by atoms with E-state index in [-0.39, 0.29) is 0 Å². The Bertz CT molecular complexity index is 648. The molecule has 1 aromatic carbocycles. The van der Waals surface area contributed by atoms with Crippen LogP contribution in [-0.4, -0.2) is 13.7 Å². The van der Waals surface area contributed by atoms with E-state index in [4.69, 9.17) is 4.74 Å². The van der Waals surface area contributed by atoms with E-state index in [2.05, 4.69) is 42.0 Å². The van der Waals surface area contributed by atoms with Crippen LogP contribution in [0.4, 0.5) is 0 Å². The average Bonchev–Trinajstić information content (AvgIpc) is 3.17. The van der Waals surface area contributed by atoms with E-state index >= 15 is 0 Å². The van der Waals surface area contributed by atoms with Gasteiger partial charge in [-0.2, -0.15) is 0 Å². The van der Waals surface area contributed by atoms with Gasteiger partial charge in [-0.25, -0.2) is 0 Å². The number of hydrogen-bond acceptors (Lipinski definition) is 3. The van der Waals surface area contributed by atoms with Gasteiger partial charge in [0, 0.05) is 28.8 Å². The van der Waals surface area contributed by atoms with E-state index in [1.807, 2.05) is 11.3 Å². The number of ether oxygens (including phenoxy) is 1. The number of thiophene rings is 1. The molecule has 4 rings (SSSR count). The summed E-state index contributed by atoms with van der Waals surface area (Å²) in [6.07, 6.45) is 4.86. The number of benzene rings is 1. The minimum absolute atomic E-state index is 0.353. The number of fused-ring (bicyclic) bond motifs is 2. The number of rotatable bonds is 3. The van der Waals surface area contributed by atoms with Gasteiger partial charge >= 0.3 is 0 Å². The van der Waals surface area contributed by atoms with Gasteiger partial charge in [0.05, 0.1) is 6.61 Å². The van der Waals surface area contributed by atoms with Gasteiger partial charge in [-0.05, 0) is 48.9 Å². The number of aryl methyl sites for hydroxylation is 1. The summed E-state index contributed by atoms with van der Waals surface area (Å²) in [6, 6.07) is 9.32. The summed E-state index contributed by atoms with van der Waals surface area (Å²) in [6.45, 7) is 0.831. The second-order valence-corrected chi connectivity index (χ2v) is 7.00. The zero-order valence-corrected chi connectivity index (χ0v) is 13.2. The third-order valence-corrected chi connectivity index (χ3v) is 5.89. The van der Waals surface area contributed by atoms with E-state index in [0.717, 1.165) is 18.8 Å². The van der Waals surface area contributed by atoms with Crippen molar-refractivity contribution < 1.29 is 4.74 Å². The van der Waals surface area contributed by atoms with Crippen LogP contribution in [0.5, 0.6) is 5.75 Å². The third kappa shape index (κ3) is 2.19. The van der Waals surface area contributed by atoms with Gasteiger partial charge in [0.25, 0.3) is 0 Å². The fraction of sp³-hybridized carbons (Fsp3) is 0.444. The fourth-order valence-electron chi connectivity index (χ4n) is 3.93. The maximum Gasteiger partial charge on any atom is 0.127 e. The fourth-order valence-corrected chi connectivity index (χ4v) is 4.92. The molecule has 0 fully saturated rings. The van der Waals surface area contributed by atoms with Gasteiger partial charge in [0.15, 0.2) is 0 Å². The summed E-state index contributed by atoms with van der Waals surface area (Å²) in [4.78, 5) is 1.58. The molecule has 2 atom stereocenters. The Balaban J connectivity index is 1.76. The van der Waals surface area contributed by atoms with Crippen molar-refractivity contribution in [3.63, 3.8) is 0 Å². The molecule has 0 spiro atoms. The largest absolute Gasteiger partial charge is 0.493 e. The molecule has 2 unspecified atom stereocenters. The quantitative estimate of drug-likeness (QED) is 0.922. The molecule has 1 aliphatic carbocycles. The van der Waals surface area contributed by atoms with Gasteiger partial charge in [0.1, 0.15) is 5.75 Å². The van der Waals surface area contributed by atoms with E-state index < -0.39 is 0 Å². The molecule has 1 N–H and O–H groups in total. The van der Waals surface area contributed by atoms with Crippen molar-refractivity contribution >= 4 is 11.3 Å². The standard InChI is InChI=1S/C18H21NOS/c1-19-17(14-5-3-7-16-13(14)9-11-21-16)15-6-2-4-12-8-10-20-18(12)15/h2,4,6,9,11,14,17,19H,3,5,7-8,10H2,1H3. The average molecular weight is 299 g/mol. The summed E-state index contributed by atoms with van der Waals surface area (Å²) in [5.74, 6) is 1.71. The Morgan fingerprint density at radius 3 is 3.14 bits per heavy atom. The van der Waals surface area contributed by atoms with Crippen LogP contribution in [0, 0.1) is 0 Å². The highest BCUT2D eigenvalue weighted by molar-refractivity contribution is 7.10. The molecule has 2 aliphatic rings. The number of para-hydroxylation sites is 1. The minimum atomic E-state index is 0.353. The lowest BCUT2D eigenvalue weighted by atomic mass is 9.79. The van der Waals surface area contributed by atoms with Crippen LogP contribution in [0.3, 0.4) is 0 Å². The molecular formula is C18H21NOS. The Kier molecular flexibility index (Phi) is 3.48. The van der Waals surface area contributed by atoms with Crippen molar-refractivity contribution in [2.45, 2.75) is 37.6 Å². The van der Waals surface area contributed by atoms with E-state index in [9.17, 15) is 0 Å². The van der Waals surface area contributed by atoms with Crippen molar-refractivity contribution in [2.75, 3.05) is 13.7 Å². The highest BCUT2D eigenvalue weighted by Gasteiger charge is 2.31. The summed E-state index contributed by atoms with van der Waals surface area (Å²) in [5.41, 5.74) is 4.27. The van der Waals surface area contributed by atoms with Crippen LogP contribution in [0.15, 0.2) is 29.6 Å². The molecular weight excluding hydrogens is 278 g/mol. The van der Waals surface area contributed by atoms with Crippen LogP contribution in [0.2, 0.25) is 0 Å². The lowest BCUT2D eigenvalue weighted by molar-refractivity contribution is 0.341. The second-order valence-electron chi connectivity index (χ2n) is 6.00. The number of likely N-dealkylation sites (N-methyl/N-ethyl adjacent to an activating group) is 1. The molecule has 0 amide bonds. The molecule has 1 aromatic heterocycles. The first kappa shape index (κ1) is 13.4. The van der Waals surface area contributed by atoms with E-state index in [0.29, 0.717) is 12.0 Å². The molecule has 2 heterocycles. The molecule has 110 valence electrons. The molecule has 3 heteroatoms. The lowest BCUT2D eigenvalue weighted by Gasteiger charge is -2.31. The Morgan fingerprint density at radius 1 is 1.29 bits per heavy atom. The second kappa shape index (κ2) is 5.47. The predicted molar refractivity (Wildman–Crippen MR) is 87.4 cm³/mol. The smallest absolute Gasteiger partial charge is 0.127 e. The Morgan fingerprint density at radius 2 is 2.24 bits per heavy atom. The topological polar surface area (TPSA) is 21.3 Å². The van der Waals surface area contributed by atoms with E-state index in [1.165, 1.54) is 30.4 Å². The number of nitrogens with one attached hydrogen (secondary N) is 1. The van der Waals surface area contributed by atoms with Gasteiger partial charge in [-0.1, -0.05) is 18.2 Å². The summed E-state index contributed by atoms with van der Waals surface area (Å²) < 4.78 is 5.94. The first-order valence-electron chi connectivity index (χ1n) is 7.86.